The normalized spacial score (nSPS) is 11.4. The molecule has 0 unspecified atom stereocenters. The number of aromatic amines is 1. The second-order valence-electron chi connectivity index (χ2n) is 5.15. The van der Waals surface area contributed by atoms with Crippen molar-refractivity contribution in [2.75, 3.05) is 0 Å². The lowest BCUT2D eigenvalue weighted by molar-refractivity contribution is 0.838. The van der Waals surface area contributed by atoms with Crippen molar-refractivity contribution >= 4 is 10.9 Å². The fraction of sp³-hybridized carbons (Fsp3) is 0.400. The third kappa shape index (κ3) is 1.88. The van der Waals surface area contributed by atoms with Gasteiger partial charge >= 0.3 is 0 Å². The molecule has 0 aliphatic carbocycles. The van der Waals surface area contributed by atoms with Gasteiger partial charge < -0.3 is 4.98 Å². The largest absolute Gasteiger partial charge is 0.358 e. The van der Waals surface area contributed by atoms with E-state index in [4.69, 9.17) is 0 Å². The zero-order valence-corrected chi connectivity index (χ0v) is 11.1. The molecule has 90 valence electrons. The zero-order chi connectivity index (χ0) is 12.7. The van der Waals surface area contributed by atoms with Gasteiger partial charge in [0.2, 0.25) is 0 Å². The van der Waals surface area contributed by atoms with Crippen LogP contribution in [0.4, 0.5) is 0 Å². The Hall–Kier alpha value is -1.57. The number of pyridine rings is 1. The van der Waals surface area contributed by atoms with E-state index in [9.17, 15) is 4.79 Å². The first-order chi connectivity index (χ1) is 7.91. The van der Waals surface area contributed by atoms with Crippen LogP contribution in [0, 0.1) is 20.8 Å². The molecule has 1 N–H and O–H groups in total. The van der Waals surface area contributed by atoms with Gasteiger partial charge in [-0.25, -0.2) is 0 Å². The molecule has 0 radical (unpaired) electrons. The van der Waals surface area contributed by atoms with Crippen LogP contribution >= 0.6 is 0 Å². The first-order valence-corrected chi connectivity index (χ1v) is 6.05. The molecule has 0 aliphatic rings. The number of aromatic nitrogens is 1. The summed E-state index contributed by atoms with van der Waals surface area (Å²) < 4.78 is 0. The van der Waals surface area contributed by atoms with Crippen molar-refractivity contribution in [1.82, 2.24) is 4.98 Å². The van der Waals surface area contributed by atoms with E-state index in [0.29, 0.717) is 0 Å². The SMILES string of the molecule is Cc1cc(C)c2[nH]c(C)c(C(C)C)c(=O)c2c1. The first-order valence-electron chi connectivity index (χ1n) is 6.05. The maximum atomic E-state index is 12.5. The van der Waals surface area contributed by atoms with Crippen molar-refractivity contribution in [3.05, 3.63) is 44.7 Å². The van der Waals surface area contributed by atoms with Gasteiger partial charge in [-0.2, -0.15) is 0 Å². The highest BCUT2D eigenvalue weighted by molar-refractivity contribution is 5.83. The number of hydrogen-bond donors (Lipinski definition) is 1. The van der Waals surface area contributed by atoms with Crippen LogP contribution in [-0.2, 0) is 0 Å². The summed E-state index contributed by atoms with van der Waals surface area (Å²) in [5, 5.41) is 0.816. The third-order valence-corrected chi connectivity index (χ3v) is 3.26. The van der Waals surface area contributed by atoms with Gasteiger partial charge in [-0.05, 0) is 43.9 Å². The van der Waals surface area contributed by atoms with E-state index in [-0.39, 0.29) is 11.3 Å². The summed E-state index contributed by atoms with van der Waals surface area (Å²) >= 11 is 0. The standard InChI is InChI=1S/C15H19NO/c1-8(2)13-11(5)16-14-10(4)6-9(3)7-12(14)15(13)17/h6-8H,1-5H3,(H,16,17). The smallest absolute Gasteiger partial charge is 0.193 e. The Balaban J connectivity index is 2.97. The Kier molecular flexibility index (Phi) is 2.82. The maximum absolute atomic E-state index is 12.5. The van der Waals surface area contributed by atoms with Crippen LogP contribution in [0.15, 0.2) is 16.9 Å². The predicted octanol–water partition coefficient (Wildman–Crippen LogP) is 3.58. The van der Waals surface area contributed by atoms with Crippen LogP contribution in [0.25, 0.3) is 10.9 Å². The monoisotopic (exact) mass is 229 g/mol. The number of aryl methyl sites for hydroxylation is 3. The van der Waals surface area contributed by atoms with Crippen molar-refractivity contribution in [2.24, 2.45) is 0 Å². The molecule has 1 heterocycles. The molecule has 1 aromatic heterocycles. The van der Waals surface area contributed by atoms with E-state index in [2.05, 4.69) is 24.9 Å². The number of nitrogens with one attached hydrogen (secondary N) is 1. The molecule has 0 fully saturated rings. The van der Waals surface area contributed by atoms with Crippen LogP contribution in [-0.4, -0.2) is 4.98 Å². The maximum Gasteiger partial charge on any atom is 0.193 e. The highest BCUT2D eigenvalue weighted by Gasteiger charge is 2.13. The molecule has 0 spiro atoms. The van der Waals surface area contributed by atoms with E-state index < -0.39 is 0 Å². The molecule has 1 aromatic carbocycles. The van der Waals surface area contributed by atoms with E-state index in [1.807, 2.05) is 26.8 Å². The van der Waals surface area contributed by atoms with Gasteiger partial charge in [-0.1, -0.05) is 19.9 Å². The van der Waals surface area contributed by atoms with Gasteiger partial charge in [0.05, 0.1) is 5.52 Å². The molecule has 17 heavy (non-hydrogen) atoms. The van der Waals surface area contributed by atoms with Crippen molar-refractivity contribution < 1.29 is 0 Å². The third-order valence-electron chi connectivity index (χ3n) is 3.26. The van der Waals surface area contributed by atoms with Crippen molar-refractivity contribution in [3.63, 3.8) is 0 Å². The summed E-state index contributed by atoms with van der Waals surface area (Å²) in [5.74, 6) is 0.254. The van der Waals surface area contributed by atoms with Gasteiger partial charge in [-0.15, -0.1) is 0 Å². The quantitative estimate of drug-likeness (QED) is 0.796. The molecule has 0 amide bonds. The molecule has 0 saturated heterocycles. The Bertz CT molecular complexity index is 635. The van der Waals surface area contributed by atoms with Crippen LogP contribution in [0.5, 0.6) is 0 Å². The average molecular weight is 229 g/mol. The molecule has 2 nitrogen and oxygen atoms in total. The Morgan fingerprint density at radius 1 is 1.12 bits per heavy atom. The molecular formula is C15H19NO. The molecule has 0 aliphatic heterocycles. The first kappa shape index (κ1) is 11.9. The molecule has 2 heteroatoms. The number of benzene rings is 1. The number of hydrogen-bond acceptors (Lipinski definition) is 1. The lowest BCUT2D eigenvalue weighted by Gasteiger charge is -2.12. The van der Waals surface area contributed by atoms with Gasteiger partial charge in [0.15, 0.2) is 5.43 Å². The summed E-state index contributed by atoms with van der Waals surface area (Å²) in [6.45, 7) is 10.2. The number of rotatable bonds is 1. The minimum absolute atomic E-state index is 0.179. The lowest BCUT2D eigenvalue weighted by Crippen LogP contribution is -2.15. The summed E-state index contributed by atoms with van der Waals surface area (Å²) in [5.41, 5.74) is 5.32. The number of H-pyrrole nitrogens is 1. The van der Waals surface area contributed by atoms with Crippen LogP contribution < -0.4 is 5.43 Å². The zero-order valence-electron chi connectivity index (χ0n) is 11.1. The molecule has 0 bridgehead atoms. The van der Waals surface area contributed by atoms with E-state index in [1.165, 1.54) is 0 Å². The molecule has 2 aromatic rings. The minimum atomic E-state index is 0.179. The van der Waals surface area contributed by atoms with E-state index in [0.717, 1.165) is 33.3 Å². The Morgan fingerprint density at radius 3 is 2.35 bits per heavy atom. The van der Waals surface area contributed by atoms with Crippen LogP contribution in [0.1, 0.15) is 42.1 Å². The van der Waals surface area contributed by atoms with Crippen molar-refractivity contribution in [2.45, 2.75) is 40.5 Å². The summed E-state index contributed by atoms with van der Waals surface area (Å²) in [6, 6.07) is 4.08. The summed E-state index contributed by atoms with van der Waals surface area (Å²) in [4.78, 5) is 15.9. The minimum Gasteiger partial charge on any atom is -0.358 e. The second-order valence-corrected chi connectivity index (χ2v) is 5.15. The van der Waals surface area contributed by atoms with Crippen LogP contribution in [0.3, 0.4) is 0 Å². The molecule has 0 atom stereocenters. The second kappa shape index (κ2) is 4.02. The number of fused-ring (bicyclic) bond motifs is 1. The van der Waals surface area contributed by atoms with E-state index in [1.54, 1.807) is 0 Å². The molecule has 2 rings (SSSR count). The fourth-order valence-electron chi connectivity index (χ4n) is 2.58. The van der Waals surface area contributed by atoms with Gasteiger partial charge in [0.1, 0.15) is 0 Å². The van der Waals surface area contributed by atoms with Crippen LogP contribution in [0.2, 0.25) is 0 Å². The van der Waals surface area contributed by atoms with Gasteiger partial charge in [-0.3, -0.25) is 4.79 Å². The Labute approximate surface area is 102 Å². The molecular weight excluding hydrogens is 210 g/mol. The van der Waals surface area contributed by atoms with Gasteiger partial charge in [0.25, 0.3) is 0 Å². The summed E-state index contributed by atoms with van der Waals surface area (Å²) in [7, 11) is 0. The van der Waals surface area contributed by atoms with Gasteiger partial charge in [0, 0.05) is 16.6 Å². The summed E-state index contributed by atoms with van der Waals surface area (Å²) in [6.07, 6.45) is 0. The van der Waals surface area contributed by atoms with E-state index >= 15 is 0 Å². The van der Waals surface area contributed by atoms with Crippen molar-refractivity contribution in [3.8, 4) is 0 Å². The topological polar surface area (TPSA) is 32.9 Å². The Morgan fingerprint density at radius 2 is 1.76 bits per heavy atom. The fourth-order valence-corrected chi connectivity index (χ4v) is 2.58. The highest BCUT2D eigenvalue weighted by atomic mass is 16.1. The molecule has 0 saturated carbocycles. The highest BCUT2D eigenvalue weighted by Crippen LogP contribution is 2.21. The lowest BCUT2D eigenvalue weighted by atomic mass is 9.97. The average Bonchev–Trinajstić information content (AvgIpc) is 2.19. The predicted molar refractivity (Wildman–Crippen MR) is 72.9 cm³/mol. The van der Waals surface area contributed by atoms with Crippen molar-refractivity contribution in [1.29, 1.82) is 0 Å².